The van der Waals surface area contributed by atoms with Gasteiger partial charge in [-0.05, 0) is 48.4 Å². The highest BCUT2D eigenvalue weighted by atomic mass is 16.5. The van der Waals surface area contributed by atoms with Crippen LogP contribution in [0.5, 0.6) is 5.75 Å². The molecule has 4 aromatic rings. The maximum atomic E-state index is 13.3. The van der Waals surface area contributed by atoms with E-state index < -0.39 is 17.7 Å². The number of benzene rings is 3. The van der Waals surface area contributed by atoms with Crippen LogP contribution < -0.4 is 9.64 Å². The van der Waals surface area contributed by atoms with Crippen LogP contribution in [0, 0.1) is 6.92 Å². The molecule has 1 amide bonds. The van der Waals surface area contributed by atoms with Crippen LogP contribution in [0.25, 0.3) is 16.7 Å². The van der Waals surface area contributed by atoms with Crippen LogP contribution in [-0.2, 0) is 9.59 Å². The molecule has 1 unspecified atom stereocenters. The number of nitrogens with one attached hydrogen (secondary N) is 1. The van der Waals surface area contributed by atoms with Crippen molar-refractivity contribution in [1.29, 1.82) is 0 Å². The summed E-state index contributed by atoms with van der Waals surface area (Å²) >= 11 is 0. The van der Waals surface area contributed by atoms with Gasteiger partial charge in [-0.15, -0.1) is 0 Å². The third-order valence-corrected chi connectivity index (χ3v) is 6.00. The smallest absolute Gasteiger partial charge is 0.300 e. The van der Waals surface area contributed by atoms with E-state index in [1.807, 2.05) is 49.4 Å². The molecule has 2 N–H and O–H groups in total. The van der Waals surface area contributed by atoms with Crippen molar-refractivity contribution in [2.45, 2.75) is 13.0 Å². The third kappa shape index (κ3) is 3.36. The molecule has 0 bridgehead atoms. The fourth-order valence-corrected chi connectivity index (χ4v) is 4.39. The number of rotatable bonds is 4. The van der Waals surface area contributed by atoms with Crippen molar-refractivity contribution in [3.8, 4) is 5.75 Å². The van der Waals surface area contributed by atoms with E-state index in [-0.39, 0.29) is 11.3 Å². The normalized spacial score (nSPS) is 17.6. The first-order chi connectivity index (χ1) is 16.0. The van der Waals surface area contributed by atoms with Crippen molar-refractivity contribution >= 4 is 34.0 Å². The zero-order valence-electron chi connectivity index (χ0n) is 18.2. The predicted molar refractivity (Wildman–Crippen MR) is 127 cm³/mol. The number of aliphatic hydroxyl groups excluding tert-OH is 1. The number of carbonyl (C=O) groups is 2. The number of carbonyl (C=O) groups excluding carboxylic acids is 2. The number of amides is 1. The Labute approximate surface area is 190 Å². The molecule has 6 heteroatoms. The molecule has 1 atom stereocenters. The Hall–Kier alpha value is -4.32. The Balaban J connectivity index is 1.75. The summed E-state index contributed by atoms with van der Waals surface area (Å²) in [5.74, 6) is -0.951. The van der Waals surface area contributed by atoms with Gasteiger partial charge >= 0.3 is 0 Å². The quantitative estimate of drug-likeness (QED) is 0.263. The third-order valence-electron chi connectivity index (χ3n) is 6.00. The summed E-state index contributed by atoms with van der Waals surface area (Å²) in [7, 11) is 1.57. The number of ketones is 1. The fraction of sp³-hybridized carbons (Fsp3) is 0.111. The Morgan fingerprint density at radius 3 is 2.48 bits per heavy atom. The van der Waals surface area contributed by atoms with Gasteiger partial charge in [-0.2, -0.15) is 0 Å². The molecule has 3 aromatic carbocycles. The SMILES string of the molecule is COc1ccc(C2/C(=C(/O)c3c[nH]c4ccccc34)C(=O)C(=O)N2c2cccc(C)c2)cc1. The Morgan fingerprint density at radius 1 is 1.00 bits per heavy atom. The van der Waals surface area contributed by atoms with Crippen molar-refractivity contribution < 1.29 is 19.4 Å². The molecule has 33 heavy (non-hydrogen) atoms. The number of hydrogen-bond acceptors (Lipinski definition) is 4. The summed E-state index contributed by atoms with van der Waals surface area (Å²) in [4.78, 5) is 31.2. The molecule has 1 fully saturated rings. The van der Waals surface area contributed by atoms with E-state index in [1.165, 1.54) is 4.90 Å². The minimum Gasteiger partial charge on any atom is -0.507 e. The van der Waals surface area contributed by atoms with Crippen LogP contribution >= 0.6 is 0 Å². The first-order valence-corrected chi connectivity index (χ1v) is 10.6. The zero-order valence-corrected chi connectivity index (χ0v) is 18.2. The average Bonchev–Trinajstić information content (AvgIpc) is 3.38. The van der Waals surface area contributed by atoms with E-state index in [2.05, 4.69) is 4.98 Å². The second-order valence-corrected chi connectivity index (χ2v) is 8.03. The predicted octanol–water partition coefficient (Wildman–Crippen LogP) is 5.11. The number of aromatic nitrogens is 1. The van der Waals surface area contributed by atoms with E-state index in [0.717, 1.165) is 16.5 Å². The Kier molecular flexibility index (Phi) is 4.98. The van der Waals surface area contributed by atoms with Gasteiger partial charge in [0.25, 0.3) is 11.7 Å². The number of aliphatic hydroxyl groups is 1. The van der Waals surface area contributed by atoms with Crippen molar-refractivity contribution in [2.24, 2.45) is 0 Å². The molecule has 1 aliphatic heterocycles. The summed E-state index contributed by atoms with van der Waals surface area (Å²) in [5, 5.41) is 12.2. The number of aromatic amines is 1. The van der Waals surface area contributed by atoms with Gasteiger partial charge in [0, 0.05) is 28.4 Å². The maximum absolute atomic E-state index is 13.3. The summed E-state index contributed by atoms with van der Waals surface area (Å²) in [6.45, 7) is 1.93. The van der Waals surface area contributed by atoms with Gasteiger partial charge in [-0.3, -0.25) is 14.5 Å². The molecule has 0 spiro atoms. The van der Waals surface area contributed by atoms with Crippen molar-refractivity contribution in [3.63, 3.8) is 0 Å². The fourth-order valence-electron chi connectivity index (χ4n) is 4.39. The standard InChI is InChI=1S/C27H22N2O4/c1-16-6-5-7-18(14-16)29-24(17-10-12-19(33-2)13-11-17)23(26(31)27(29)32)25(30)21-15-28-22-9-4-3-8-20(21)22/h3-15,24,28,30H,1-2H3/b25-23-. The molecule has 1 saturated heterocycles. The lowest BCUT2D eigenvalue weighted by Crippen LogP contribution is -2.29. The van der Waals surface area contributed by atoms with Crippen LogP contribution in [0.4, 0.5) is 5.69 Å². The zero-order chi connectivity index (χ0) is 23.1. The molecular formula is C27H22N2O4. The minimum absolute atomic E-state index is 0.0522. The molecule has 2 heterocycles. The van der Waals surface area contributed by atoms with E-state index >= 15 is 0 Å². The molecule has 5 rings (SSSR count). The lowest BCUT2D eigenvalue weighted by molar-refractivity contribution is -0.132. The second kappa shape index (κ2) is 7.98. The van der Waals surface area contributed by atoms with Gasteiger partial charge in [0.1, 0.15) is 11.5 Å². The molecule has 0 radical (unpaired) electrons. The minimum atomic E-state index is -0.786. The highest BCUT2D eigenvalue weighted by Gasteiger charge is 2.47. The van der Waals surface area contributed by atoms with Crippen LogP contribution in [0.3, 0.4) is 0 Å². The number of H-pyrrole nitrogens is 1. The highest BCUT2D eigenvalue weighted by Crippen LogP contribution is 2.43. The van der Waals surface area contributed by atoms with E-state index in [9.17, 15) is 14.7 Å². The number of anilines is 1. The summed E-state index contributed by atoms with van der Waals surface area (Å²) in [6, 6.07) is 21.3. The first-order valence-electron chi connectivity index (χ1n) is 10.6. The molecular weight excluding hydrogens is 416 g/mol. The molecule has 6 nitrogen and oxygen atoms in total. The average molecular weight is 438 g/mol. The van der Waals surface area contributed by atoms with Crippen LogP contribution in [0.15, 0.2) is 84.6 Å². The molecule has 164 valence electrons. The summed E-state index contributed by atoms with van der Waals surface area (Å²) in [6.07, 6.45) is 1.66. The number of ether oxygens (including phenoxy) is 1. The lowest BCUT2D eigenvalue weighted by Gasteiger charge is -2.25. The van der Waals surface area contributed by atoms with Crippen molar-refractivity contribution in [3.05, 3.63) is 101 Å². The largest absolute Gasteiger partial charge is 0.507 e. The number of nitrogens with zero attached hydrogens (tertiary/aromatic N) is 1. The lowest BCUT2D eigenvalue weighted by atomic mass is 9.95. The van der Waals surface area contributed by atoms with Gasteiger partial charge in [0.05, 0.1) is 18.7 Å². The Bertz CT molecular complexity index is 1420. The number of methoxy groups -OCH3 is 1. The molecule has 0 saturated carbocycles. The highest BCUT2D eigenvalue weighted by molar-refractivity contribution is 6.51. The summed E-state index contributed by atoms with van der Waals surface area (Å²) in [5.41, 5.74) is 3.60. The van der Waals surface area contributed by atoms with Gasteiger partial charge < -0.3 is 14.8 Å². The van der Waals surface area contributed by atoms with Crippen LogP contribution in [-0.4, -0.2) is 28.9 Å². The van der Waals surface area contributed by atoms with E-state index in [4.69, 9.17) is 4.74 Å². The van der Waals surface area contributed by atoms with Gasteiger partial charge in [0.15, 0.2) is 0 Å². The first kappa shape index (κ1) is 20.6. The van der Waals surface area contributed by atoms with E-state index in [1.54, 1.807) is 43.6 Å². The number of hydrogen-bond donors (Lipinski definition) is 2. The Morgan fingerprint density at radius 2 is 1.76 bits per heavy atom. The molecule has 0 aliphatic carbocycles. The maximum Gasteiger partial charge on any atom is 0.300 e. The summed E-state index contributed by atoms with van der Waals surface area (Å²) < 4.78 is 5.27. The number of para-hydroxylation sites is 1. The van der Waals surface area contributed by atoms with Crippen molar-refractivity contribution in [1.82, 2.24) is 4.98 Å². The second-order valence-electron chi connectivity index (χ2n) is 8.03. The number of Topliss-reactive ketones (excluding diaryl/α,β-unsaturated/α-hetero) is 1. The van der Waals surface area contributed by atoms with Crippen molar-refractivity contribution in [2.75, 3.05) is 12.0 Å². The van der Waals surface area contributed by atoms with Gasteiger partial charge in [-0.1, -0.05) is 42.5 Å². The number of fused-ring (bicyclic) bond motifs is 1. The van der Waals surface area contributed by atoms with Crippen LogP contribution in [0.1, 0.15) is 22.7 Å². The monoisotopic (exact) mass is 438 g/mol. The van der Waals surface area contributed by atoms with Gasteiger partial charge in [0.2, 0.25) is 0 Å². The number of aryl methyl sites for hydroxylation is 1. The molecule has 1 aliphatic rings. The topological polar surface area (TPSA) is 82.6 Å². The van der Waals surface area contributed by atoms with Gasteiger partial charge in [-0.25, -0.2) is 0 Å². The van der Waals surface area contributed by atoms with Crippen LogP contribution in [0.2, 0.25) is 0 Å². The van der Waals surface area contributed by atoms with E-state index in [0.29, 0.717) is 22.6 Å². The molecule has 1 aromatic heterocycles.